The molecule has 0 aromatic rings. The predicted molar refractivity (Wildman–Crippen MR) is 53.1 cm³/mol. The van der Waals surface area contributed by atoms with Gasteiger partial charge in [0.1, 0.15) is 5.44 Å². The zero-order valence-corrected chi connectivity index (χ0v) is 8.90. The van der Waals surface area contributed by atoms with Gasteiger partial charge >= 0.3 is 5.97 Å². The van der Waals surface area contributed by atoms with Crippen LogP contribution in [0.25, 0.3) is 0 Å². The molecule has 1 unspecified atom stereocenters. The lowest BCUT2D eigenvalue weighted by molar-refractivity contribution is -0.139. The summed E-state index contributed by atoms with van der Waals surface area (Å²) in [6, 6.07) is 0. The third-order valence-electron chi connectivity index (χ3n) is 1.09. The Morgan fingerprint density at radius 2 is 1.92 bits per heavy atom. The van der Waals surface area contributed by atoms with Crippen molar-refractivity contribution >= 4 is 17.7 Å². The lowest BCUT2D eigenvalue weighted by Crippen LogP contribution is -2.13. The van der Waals surface area contributed by atoms with E-state index in [9.17, 15) is 4.79 Å². The highest BCUT2D eigenvalue weighted by molar-refractivity contribution is 8.00. The summed E-state index contributed by atoms with van der Waals surface area (Å²) in [6.07, 6.45) is 0. The molecule has 70 valence electrons. The van der Waals surface area contributed by atoms with Crippen LogP contribution in [-0.2, 0) is 9.53 Å². The van der Waals surface area contributed by atoms with Crippen LogP contribution in [0.1, 0.15) is 27.7 Å². The average Bonchev–Trinajstić information content (AvgIpc) is 1.84. The number of ether oxygens (including phenoxy) is 1. The first-order valence-electron chi connectivity index (χ1n) is 3.95. The fourth-order valence-electron chi connectivity index (χ4n) is 0.662. The molecule has 12 heavy (non-hydrogen) atoms. The van der Waals surface area contributed by atoms with Gasteiger partial charge in [-0.05, 0) is 13.8 Å². The quantitative estimate of drug-likeness (QED) is 0.385. The SMILES string of the molecule is C=C(C)C(=O)OC(C)SC(C)C. The third-order valence-corrected chi connectivity index (χ3v) is 2.11. The number of rotatable bonds is 4. The van der Waals surface area contributed by atoms with Gasteiger partial charge in [0.05, 0.1) is 0 Å². The van der Waals surface area contributed by atoms with Gasteiger partial charge in [-0.3, -0.25) is 0 Å². The molecule has 0 fully saturated rings. The van der Waals surface area contributed by atoms with Gasteiger partial charge in [-0.2, -0.15) is 0 Å². The van der Waals surface area contributed by atoms with Gasteiger partial charge in [0, 0.05) is 10.8 Å². The number of carbonyl (C=O) groups excluding carboxylic acids is 1. The summed E-state index contributed by atoms with van der Waals surface area (Å²) in [7, 11) is 0. The van der Waals surface area contributed by atoms with Crippen molar-refractivity contribution in [3.63, 3.8) is 0 Å². The van der Waals surface area contributed by atoms with Gasteiger partial charge < -0.3 is 4.74 Å². The van der Waals surface area contributed by atoms with E-state index in [-0.39, 0.29) is 11.4 Å². The van der Waals surface area contributed by atoms with E-state index in [0.717, 1.165) is 0 Å². The van der Waals surface area contributed by atoms with E-state index in [1.54, 1.807) is 18.7 Å². The van der Waals surface area contributed by atoms with E-state index in [1.807, 2.05) is 6.92 Å². The van der Waals surface area contributed by atoms with Crippen molar-refractivity contribution < 1.29 is 9.53 Å². The Morgan fingerprint density at radius 3 is 2.25 bits per heavy atom. The molecule has 0 aromatic heterocycles. The first-order chi connectivity index (χ1) is 5.43. The molecule has 0 spiro atoms. The minimum atomic E-state index is -0.310. The zero-order valence-electron chi connectivity index (χ0n) is 8.09. The Labute approximate surface area is 78.4 Å². The fraction of sp³-hybridized carbons (Fsp3) is 0.667. The van der Waals surface area contributed by atoms with Crippen LogP contribution in [0.5, 0.6) is 0 Å². The minimum Gasteiger partial charge on any atom is -0.448 e. The van der Waals surface area contributed by atoms with Crippen molar-refractivity contribution in [3.05, 3.63) is 12.2 Å². The molecule has 0 saturated carbocycles. The monoisotopic (exact) mass is 188 g/mol. The number of hydrogen-bond acceptors (Lipinski definition) is 3. The third kappa shape index (κ3) is 5.24. The smallest absolute Gasteiger partial charge is 0.334 e. The number of hydrogen-bond donors (Lipinski definition) is 0. The molecule has 1 atom stereocenters. The average molecular weight is 188 g/mol. The maximum atomic E-state index is 11.0. The van der Waals surface area contributed by atoms with Crippen LogP contribution in [0.4, 0.5) is 0 Å². The van der Waals surface area contributed by atoms with Gasteiger partial charge in [0.15, 0.2) is 0 Å². The van der Waals surface area contributed by atoms with E-state index in [0.29, 0.717) is 10.8 Å². The molecule has 2 nitrogen and oxygen atoms in total. The van der Waals surface area contributed by atoms with Crippen LogP contribution < -0.4 is 0 Å². The van der Waals surface area contributed by atoms with Gasteiger partial charge in [-0.25, -0.2) is 4.79 Å². The lowest BCUT2D eigenvalue weighted by atomic mass is 10.4. The van der Waals surface area contributed by atoms with Gasteiger partial charge in [0.2, 0.25) is 0 Å². The Bertz CT molecular complexity index is 175. The molecule has 0 bridgehead atoms. The molecule has 0 amide bonds. The maximum Gasteiger partial charge on any atom is 0.334 e. The van der Waals surface area contributed by atoms with Crippen molar-refractivity contribution in [3.8, 4) is 0 Å². The van der Waals surface area contributed by atoms with E-state index < -0.39 is 0 Å². The largest absolute Gasteiger partial charge is 0.448 e. The highest BCUT2D eigenvalue weighted by atomic mass is 32.2. The second-order valence-electron chi connectivity index (χ2n) is 2.94. The summed E-state index contributed by atoms with van der Waals surface area (Å²) in [5.41, 5.74) is 0.361. The standard InChI is InChI=1S/C9H16O2S/c1-6(2)9(10)11-8(5)12-7(3)4/h7-8H,1H2,2-5H3. The Hall–Kier alpha value is -0.440. The molecule has 0 saturated heterocycles. The maximum absolute atomic E-state index is 11.0. The number of esters is 1. The Morgan fingerprint density at radius 1 is 1.42 bits per heavy atom. The summed E-state index contributed by atoms with van der Waals surface area (Å²) < 4.78 is 5.05. The van der Waals surface area contributed by atoms with Crippen LogP contribution in [0, 0.1) is 0 Å². The van der Waals surface area contributed by atoms with E-state index >= 15 is 0 Å². The minimum absolute atomic E-state index is 0.0887. The van der Waals surface area contributed by atoms with E-state index in [1.165, 1.54) is 0 Å². The van der Waals surface area contributed by atoms with Crippen LogP contribution in [-0.4, -0.2) is 16.7 Å². The molecule has 0 heterocycles. The molecule has 0 aliphatic rings. The van der Waals surface area contributed by atoms with Crippen molar-refractivity contribution in [2.75, 3.05) is 0 Å². The molecular formula is C9H16O2S. The van der Waals surface area contributed by atoms with Gasteiger partial charge in [0.25, 0.3) is 0 Å². The highest BCUT2D eigenvalue weighted by Crippen LogP contribution is 2.18. The Balaban J connectivity index is 3.76. The van der Waals surface area contributed by atoms with Crippen molar-refractivity contribution in [1.29, 1.82) is 0 Å². The van der Waals surface area contributed by atoms with Crippen LogP contribution in [0.3, 0.4) is 0 Å². The summed E-state index contributed by atoms with van der Waals surface area (Å²) >= 11 is 1.62. The van der Waals surface area contributed by atoms with Crippen molar-refractivity contribution in [2.24, 2.45) is 0 Å². The number of carbonyl (C=O) groups is 1. The second kappa shape index (κ2) is 5.25. The van der Waals surface area contributed by atoms with Gasteiger partial charge in [-0.1, -0.05) is 20.4 Å². The molecule has 0 aliphatic heterocycles. The highest BCUT2D eigenvalue weighted by Gasteiger charge is 2.11. The van der Waals surface area contributed by atoms with Crippen LogP contribution >= 0.6 is 11.8 Å². The van der Waals surface area contributed by atoms with Crippen LogP contribution in [0.15, 0.2) is 12.2 Å². The zero-order chi connectivity index (χ0) is 9.72. The van der Waals surface area contributed by atoms with E-state index in [2.05, 4.69) is 20.4 Å². The van der Waals surface area contributed by atoms with E-state index in [4.69, 9.17) is 4.74 Å². The Kier molecular flexibility index (Phi) is 5.06. The summed E-state index contributed by atoms with van der Waals surface area (Å²) in [5.74, 6) is -0.310. The molecular weight excluding hydrogens is 172 g/mol. The predicted octanol–water partition coefficient (Wildman–Crippen LogP) is 2.59. The topological polar surface area (TPSA) is 26.3 Å². The number of thioether (sulfide) groups is 1. The molecule has 0 N–H and O–H groups in total. The lowest BCUT2D eigenvalue weighted by Gasteiger charge is -2.14. The first kappa shape index (κ1) is 11.6. The van der Waals surface area contributed by atoms with Crippen molar-refractivity contribution in [2.45, 2.75) is 38.4 Å². The normalized spacial score (nSPS) is 12.8. The molecule has 0 rings (SSSR count). The molecule has 0 aromatic carbocycles. The van der Waals surface area contributed by atoms with Gasteiger partial charge in [-0.15, -0.1) is 11.8 Å². The molecule has 0 aliphatic carbocycles. The molecule has 3 heteroatoms. The first-order valence-corrected chi connectivity index (χ1v) is 4.89. The van der Waals surface area contributed by atoms with Crippen molar-refractivity contribution in [1.82, 2.24) is 0 Å². The fourth-order valence-corrected chi connectivity index (χ4v) is 1.57. The molecule has 0 radical (unpaired) electrons. The summed E-state index contributed by atoms with van der Waals surface area (Å²) in [5, 5.41) is 0.470. The second-order valence-corrected chi connectivity index (χ2v) is 4.82. The summed E-state index contributed by atoms with van der Waals surface area (Å²) in [4.78, 5) is 11.0. The van der Waals surface area contributed by atoms with Crippen LogP contribution in [0.2, 0.25) is 0 Å². The summed E-state index contributed by atoms with van der Waals surface area (Å²) in [6.45, 7) is 11.1.